The van der Waals surface area contributed by atoms with Gasteiger partial charge >= 0.3 is 24.3 Å². The van der Waals surface area contributed by atoms with E-state index in [1.165, 1.54) is 24.3 Å². The second kappa shape index (κ2) is 10.3. The molecule has 1 aliphatic heterocycles. The summed E-state index contributed by atoms with van der Waals surface area (Å²) in [5.41, 5.74) is -0.388. The first kappa shape index (κ1) is 28.4. The fourth-order valence-electron chi connectivity index (χ4n) is 3.91. The van der Waals surface area contributed by atoms with Crippen molar-refractivity contribution in [1.82, 2.24) is 0 Å². The molecule has 0 spiro atoms. The summed E-state index contributed by atoms with van der Waals surface area (Å²) in [5, 5.41) is 8.67. The molecule has 0 saturated heterocycles. The Bertz CT molecular complexity index is 1390. The smallest absolute Gasteiger partial charge is 0.417 e. The molecule has 0 aromatic heterocycles. The van der Waals surface area contributed by atoms with Gasteiger partial charge in [0.2, 0.25) is 0 Å². The minimum atomic E-state index is -5.37. The van der Waals surface area contributed by atoms with E-state index in [1.807, 2.05) is 0 Å². The molecular weight excluding hydrogens is 544 g/mol. The van der Waals surface area contributed by atoms with Gasteiger partial charge in [0.05, 0.1) is 59.2 Å². The van der Waals surface area contributed by atoms with E-state index in [1.54, 1.807) is 12.1 Å². The highest BCUT2D eigenvalue weighted by Crippen LogP contribution is 2.49. The van der Waals surface area contributed by atoms with Crippen molar-refractivity contribution in [1.29, 1.82) is 5.26 Å². The molecule has 0 aliphatic carbocycles. The minimum Gasteiger partial charge on any atom is -0.466 e. The van der Waals surface area contributed by atoms with Crippen LogP contribution in [0.4, 0.5) is 32.0 Å². The van der Waals surface area contributed by atoms with Gasteiger partial charge in [0, 0.05) is 0 Å². The number of carbonyl (C=O) groups is 2. The lowest BCUT2D eigenvalue weighted by Crippen LogP contribution is -2.41. The normalized spacial score (nSPS) is 16.3. The number of methoxy groups -OCH3 is 2. The summed E-state index contributed by atoms with van der Waals surface area (Å²) < 4.78 is 91.6. The van der Waals surface area contributed by atoms with Gasteiger partial charge in [-0.25, -0.2) is 9.59 Å². The average molecular weight is 560 g/mol. The number of nitrogens with zero attached hydrogens (tertiary/aromatic N) is 2. The molecule has 14 heteroatoms. The number of anilines is 1. The number of halogens is 7. The van der Waals surface area contributed by atoms with Gasteiger partial charge < -0.3 is 15.2 Å². The second-order valence-corrected chi connectivity index (χ2v) is 8.07. The molecule has 0 saturated carbocycles. The van der Waals surface area contributed by atoms with Gasteiger partial charge in [0.1, 0.15) is 11.5 Å². The van der Waals surface area contributed by atoms with Crippen LogP contribution in [0.2, 0.25) is 5.02 Å². The van der Waals surface area contributed by atoms with Crippen molar-refractivity contribution in [3.8, 4) is 6.07 Å². The van der Waals surface area contributed by atoms with Gasteiger partial charge in [-0.3, -0.25) is 4.90 Å². The standard InChI is InChI=1S/C24H16ClF6N3O4/c1-37-21(35)17-16(11-6-4-3-5-7-11)13(10-32)20(33)34(19(17)22(36)38-2)15-9-12(23(26,27)28)8-14(18(15)25)24(29,30)31/h3-9,16H,33H2,1-2H3. The van der Waals surface area contributed by atoms with E-state index in [0.29, 0.717) is 4.90 Å². The fourth-order valence-corrected chi connectivity index (χ4v) is 4.21. The third-order valence-corrected chi connectivity index (χ3v) is 5.93. The molecule has 0 bridgehead atoms. The summed E-state index contributed by atoms with van der Waals surface area (Å²) in [4.78, 5) is 26.3. The van der Waals surface area contributed by atoms with Crippen molar-refractivity contribution in [2.45, 2.75) is 18.3 Å². The van der Waals surface area contributed by atoms with Crippen LogP contribution >= 0.6 is 11.6 Å². The van der Waals surface area contributed by atoms with Gasteiger partial charge in [-0.15, -0.1) is 0 Å². The third-order valence-electron chi connectivity index (χ3n) is 5.54. The van der Waals surface area contributed by atoms with Crippen molar-refractivity contribution < 1.29 is 45.4 Å². The largest absolute Gasteiger partial charge is 0.466 e. The van der Waals surface area contributed by atoms with E-state index in [0.717, 1.165) is 14.2 Å². The summed E-state index contributed by atoms with van der Waals surface area (Å²) in [5.74, 6) is -4.77. The molecule has 200 valence electrons. The summed E-state index contributed by atoms with van der Waals surface area (Å²) in [6.45, 7) is 0. The monoisotopic (exact) mass is 559 g/mol. The number of esters is 2. The van der Waals surface area contributed by atoms with Crippen molar-refractivity contribution in [2.75, 3.05) is 19.1 Å². The molecule has 2 aromatic rings. The molecule has 7 nitrogen and oxygen atoms in total. The Morgan fingerprint density at radius 1 is 1.00 bits per heavy atom. The quantitative estimate of drug-likeness (QED) is 0.401. The molecule has 0 radical (unpaired) electrons. The van der Waals surface area contributed by atoms with Crippen LogP contribution in [0.5, 0.6) is 0 Å². The molecule has 0 fully saturated rings. The first-order valence-corrected chi connectivity index (χ1v) is 10.7. The predicted molar refractivity (Wildman–Crippen MR) is 121 cm³/mol. The number of hydrogen-bond donors (Lipinski definition) is 1. The van der Waals surface area contributed by atoms with Gasteiger partial charge in [-0.1, -0.05) is 41.9 Å². The van der Waals surface area contributed by atoms with Crippen molar-refractivity contribution >= 4 is 29.2 Å². The molecule has 38 heavy (non-hydrogen) atoms. The van der Waals surface area contributed by atoms with E-state index in [9.17, 15) is 41.2 Å². The first-order valence-electron chi connectivity index (χ1n) is 10.3. The second-order valence-electron chi connectivity index (χ2n) is 7.69. The lowest BCUT2D eigenvalue weighted by Gasteiger charge is -2.36. The van der Waals surface area contributed by atoms with Gasteiger partial charge in [0.15, 0.2) is 0 Å². The Hall–Kier alpha value is -4.18. The van der Waals surface area contributed by atoms with E-state index in [4.69, 9.17) is 26.8 Å². The molecule has 2 aromatic carbocycles. The molecular formula is C24H16ClF6N3O4. The van der Waals surface area contributed by atoms with Crippen LogP contribution in [0.1, 0.15) is 22.6 Å². The third kappa shape index (κ3) is 4.99. The number of benzene rings is 2. The molecule has 1 aliphatic rings. The minimum absolute atomic E-state index is 0.208. The number of hydrogen-bond acceptors (Lipinski definition) is 7. The Morgan fingerprint density at radius 3 is 2.05 bits per heavy atom. The fraction of sp³-hybridized carbons (Fsp3) is 0.208. The van der Waals surface area contributed by atoms with Crippen molar-refractivity contribution in [2.24, 2.45) is 5.73 Å². The Morgan fingerprint density at radius 2 is 1.58 bits per heavy atom. The van der Waals surface area contributed by atoms with Gasteiger partial charge in [0.25, 0.3) is 0 Å². The molecule has 1 unspecified atom stereocenters. The van der Waals surface area contributed by atoms with Crippen LogP contribution < -0.4 is 10.6 Å². The summed E-state index contributed by atoms with van der Waals surface area (Å²) in [7, 11) is 1.78. The van der Waals surface area contributed by atoms with Crippen LogP contribution in [0, 0.1) is 11.3 Å². The van der Waals surface area contributed by atoms with E-state index < -0.39 is 74.7 Å². The first-order chi connectivity index (χ1) is 17.7. The van der Waals surface area contributed by atoms with Crippen LogP contribution in [-0.4, -0.2) is 26.2 Å². The zero-order valence-electron chi connectivity index (χ0n) is 19.4. The average Bonchev–Trinajstić information content (AvgIpc) is 2.86. The van der Waals surface area contributed by atoms with Gasteiger partial charge in [-0.05, 0) is 17.7 Å². The Balaban J connectivity index is 2.55. The van der Waals surface area contributed by atoms with E-state index in [-0.39, 0.29) is 17.7 Å². The maximum absolute atomic E-state index is 13.7. The SMILES string of the molecule is COC(=O)C1=C(C(=O)OC)N(c2cc(C(F)(F)F)cc(C(F)(F)F)c2Cl)C(N)=C(C#N)C1c1ccccc1. The summed E-state index contributed by atoms with van der Waals surface area (Å²) in [6.07, 6.45) is -10.7. The van der Waals surface area contributed by atoms with Crippen LogP contribution in [0.3, 0.4) is 0 Å². The summed E-state index contributed by atoms with van der Waals surface area (Å²) >= 11 is 5.95. The highest BCUT2D eigenvalue weighted by molar-refractivity contribution is 6.34. The van der Waals surface area contributed by atoms with Crippen LogP contribution in [0.25, 0.3) is 0 Å². The van der Waals surface area contributed by atoms with Crippen LogP contribution in [0.15, 0.2) is 65.1 Å². The van der Waals surface area contributed by atoms with Crippen LogP contribution in [-0.2, 0) is 31.4 Å². The van der Waals surface area contributed by atoms with E-state index >= 15 is 0 Å². The molecule has 2 N–H and O–H groups in total. The Labute approximate surface area is 216 Å². The molecule has 3 rings (SSSR count). The zero-order valence-corrected chi connectivity index (χ0v) is 20.1. The lowest BCUT2D eigenvalue weighted by atomic mass is 9.81. The maximum atomic E-state index is 13.7. The molecule has 1 heterocycles. The number of carbonyl (C=O) groups excluding carboxylic acids is 2. The molecule has 1 atom stereocenters. The number of alkyl halides is 6. The topological polar surface area (TPSA) is 106 Å². The molecule has 0 amide bonds. The summed E-state index contributed by atoms with van der Waals surface area (Å²) in [6, 6.07) is 9.30. The number of ether oxygens (including phenoxy) is 2. The Kier molecular flexibility index (Phi) is 7.69. The van der Waals surface area contributed by atoms with Gasteiger partial charge in [-0.2, -0.15) is 31.6 Å². The van der Waals surface area contributed by atoms with E-state index in [2.05, 4.69) is 0 Å². The maximum Gasteiger partial charge on any atom is 0.417 e. The highest BCUT2D eigenvalue weighted by Gasteiger charge is 2.46. The number of nitriles is 1. The van der Waals surface area contributed by atoms with Crippen molar-refractivity contribution in [3.05, 3.63) is 86.8 Å². The lowest BCUT2D eigenvalue weighted by molar-refractivity contribution is -0.143. The number of rotatable bonds is 4. The number of allylic oxidation sites excluding steroid dienone is 1. The predicted octanol–water partition coefficient (Wildman–Crippen LogP) is 5.28. The highest BCUT2D eigenvalue weighted by atomic mass is 35.5. The van der Waals surface area contributed by atoms with Crippen molar-refractivity contribution in [3.63, 3.8) is 0 Å². The number of nitrogens with two attached hydrogens (primary N) is 1. The zero-order chi connectivity index (χ0) is 28.6.